The van der Waals surface area contributed by atoms with Crippen LogP contribution < -0.4 is 0 Å². The SMILES string of the molecule is C=CC(=O)OCCOCCOCC(COCCOCCOC(=O)C=C)(COCCOCCOC(=O)C=C)COCCOCCOC(=O)C=C.CC(C)(c1ccc(S)cc1)c1ccc(S)cc1. The molecular weight excluding hydrogens is 897 g/mol. The number of esters is 4. The number of hydrogen-bond acceptors (Lipinski definition) is 18. The van der Waals surface area contributed by atoms with Crippen molar-refractivity contribution < 1.29 is 76.0 Å². The molecule has 2 aromatic carbocycles. The molecule has 0 aliphatic rings. The van der Waals surface area contributed by atoms with Gasteiger partial charge in [-0.15, -0.1) is 25.3 Å². The van der Waals surface area contributed by atoms with Gasteiger partial charge in [-0.2, -0.15) is 0 Å². The average molecular weight is 965 g/mol. The summed E-state index contributed by atoms with van der Waals surface area (Å²) in [6.45, 7) is 21.4. The van der Waals surface area contributed by atoms with Crippen molar-refractivity contribution in [2.75, 3.05) is 132 Å². The molecule has 0 saturated heterocycles. The maximum Gasteiger partial charge on any atom is 0.330 e. The molecule has 0 unspecified atom stereocenters. The molecule has 66 heavy (non-hydrogen) atoms. The summed E-state index contributed by atoms with van der Waals surface area (Å²) in [7, 11) is 0. The molecule has 0 radical (unpaired) electrons. The number of hydrogen-bond donors (Lipinski definition) is 2. The van der Waals surface area contributed by atoms with Crippen LogP contribution in [0.15, 0.2) is 109 Å². The van der Waals surface area contributed by atoms with Gasteiger partial charge in [-0.3, -0.25) is 0 Å². The van der Waals surface area contributed by atoms with Gasteiger partial charge < -0.3 is 56.8 Å². The highest BCUT2D eigenvalue weighted by atomic mass is 32.1. The normalized spacial score (nSPS) is 11.1. The fourth-order valence-electron chi connectivity index (χ4n) is 5.25. The van der Waals surface area contributed by atoms with E-state index in [0.717, 1.165) is 34.1 Å². The van der Waals surface area contributed by atoms with Gasteiger partial charge in [0.05, 0.1) is 111 Å². The minimum atomic E-state index is -0.780. The highest BCUT2D eigenvalue weighted by Crippen LogP contribution is 2.32. The molecule has 2 aromatic rings. The van der Waals surface area contributed by atoms with Gasteiger partial charge in [-0.1, -0.05) is 64.4 Å². The Kier molecular flexibility index (Phi) is 34.1. The third-order valence-corrected chi connectivity index (χ3v) is 9.45. The van der Waals surface area contributed by atoms with Crippen LogP contribution in [0, 0.1) is 5.41 Å². The summed E-state index contributed by atoms with van der Waals surface area (Å²) in [5, 5.41) is 0. The molecule has 2 rings (SSSR count). The van der Waals surface area contributed by atoms with E-state index in [4.69, 9.17) is 56.8 Å². The summed E-state index contributed by atoms with van der Waals surface area (Å²) >= 11 is 8.64. The molecule has 0 spiro atoms. The van der Waals surface area contributed by atoms with Crippen molar-refractivity contribution >= 4 is 49.1 Å². The molecule has 0 aromatic heterocycles. The second kappa shape index (κ2) is 37.7. The highest BCUT2D eigenvalue weighted by molar-refractivity contribution is 7.80. The maximum atomic E-state index is 11.1. The van der Waals surface area contributed by atoms with E-state index in [0.29, 0.717) is 0 Å². The lowest BCUT2D eigenvalue weighted by Gasteiger charge is -2.33. The summed E-state index contributed by atoms with van der Waals surface area (Å²) in [5.74, 6) is -2.13. The molecule has 0 atom stereocenters. The van der Waals surface area contributed by atoms with Crippen molar-refractivity contribution in [1.82, 2.24) is 0 Å². The third kappa shape index (κ3) is 29.3. The molecule has 18 heteroatoms. The van der Waals surface area contributed by atoms with Gasteiger partial charge in [0.25, 0.3) is 0 Å². The van der Waals surface area contributed by atoms with Crippen LogP contribution in [0.25, 0.3) is 0 Å². The minimum Gasteiger partial charge on any atom is -0.460 e. The number of ether oxygens (including phenoxy) is 12. The summed E-state index contributed by atoms with van der Waals surface area (Å²) < 4.78 is 65.0. The van der Waals surface area contributed by atoms with Crippen LogP contribution in [-0.4, -0.2) is 156 Å². The monoisotopic (exact) mass is 964 g/mol. The second-order valence-corrected chi connectivity index (χ2v) is 15.4. The summed E-state index contributed by atoms with van der Waals surface area (Å²) in [6, 6.07) is 16.7. The maximum absolute atomic E-state index is 11.1. The number of rotatable bonds is 38. The molecule has 0 amide bonds. The molecule has 16 nitrogen and oxygen atoms in total. The van der Waals surface area contributed by atoms with Crippen molar-refractivity contribution in [2.24, 2.45) is 5.41 Å². The fraction of sp³-hybridized carbons (Fsp3) is 0.500. The first-order chi connectivity index (χ1) is 31.8. The van der Waals surface area contributed by atoms with Crippen molar-refractivity contribution in [1.29, 1.82) is 0 Å². The first kappa shape index (κ1) is 59.7. The highest BCUT2D eigenvalue weighted by Gasteiger charge is 2.33. The Morgan fingerprint density at radius 1 is 0.394 bits per heavy atom. The molecular formula is C48H68O16S2. The van der Waals surface area contributed by atoms with Crippen molar-refractivity contribution in [3.8, 4) is 0 Å². The van der Waals surface area contributed by atoms with Gasteiger partial charge in [-0.25, -0.2) is 19.2 Å². The van der Waals surface area contributed by atoms with Gasteiger partial charge in [0.15, 0.2) is 0 Å². The van der Waals surface area contributed by atoms with Crippen LogP contribution in [0.2, 0.25) is 0 Å². The number of thiol groups is 2. The van der Waals surface area contributed by atoms with Crippen LogP contribution in [0.5, 0.6) is 0 Å². The van der Waals surface area contributed by atoms with Gasteiger partial charge in [0.1, 0.15) is 26.4 Å². The lowest BCUT2D eigenvalue weighted by atomic mass is 9.78. The second-order valence-electron chi connectivity index (χ2n) is 14.4. The topological polar surface area (TPSA) is 179 Å². The zero-order valence-electron chi connectivity index (χ0n) is 38.3. The van der Waals surface area contributed by atoms with E-state index >= 15 is 0 Å². The van der Waals surface area contributed by atoms with E-state index < -0.39 is 29.3 Å². The minimum absolute atomic E-state index is 0.00293. The first-order valence-corrected chi connectivity index (χ1v) is 22.1. The quantitative estimate of drug-likeness (QED) is 0.0279. The summed E-state index contributed by atoms with van der Waals surface area (Å²) in [4.78, 5) is 46.6. The first-order valence-electron chi connectivity index (χ1n) is 21.2. The van der Waals surface area contributed by atoms with Crippen molar-refractivity contribution in [3.05, 3.63) is 110 Å². The number of carbonyl (C=O) groups is 4. The Morgan fingerprint density at radius 2 is 0.606 bits per heavy atom. The van der Waals surface area contributed by atoms with E-state index in [1.807, 2.05) is 24.3 Å². The van der Waals surface area contributed by atoms with Crippen LogP contribution >= 0.6 is 25.3 Å². The molecule has 0 fully saturated rings. The Labute approximate surface area is 400 Å². The zero-order chi connectivity index (χ0) is 48.7. The predicted octanol–water partition coefficient (Wildman–Crippen LogP) is 5.61. The van der Waals surface area contributed by atoms with Crippen LogP contribution in [0.1, 0.15) is 25.0 Å². The van der Waals surface area contributed by atoms with Gasteiger partial charge in [0.2, 0.25) is 0 Å². The van der Waals surface area contributed by atoms with E-state index in [-0.39, 0.29) is 138 Å². The van der Waals surface area contributed by atoms with Gasteiger partial charge in [0, 0.05) is 39.5 Å². The molecule has 0 aliphatic carbocycles. The predicted molar refractivity (Wildman–Crippen MR) is 253 cm³/mol. The molecule has 0 bridgehead atoms. The number of benzene rings is 2. The molecule has 0 heterocycles. The van der Waals surface area contributed by atoms with Crippen LogP contribution in [0.3, 0.4) is 0 Å². The Hall–Kier alpha value is -4.34. The zero-order valence-corrected chi connectivity index (χ0v) is 40.1. The van der Waals surface area contributed by atoms with Crippen molar-refractivity contribution in [2.45, 2.75) is 29.1 Å². The standard InChI is InChI=1S/C33H52O16.C15H16S2/c1-5-29(34)46-21-17-38-9-13-42-25-33(26-43-14-10-39-18-22-47-30(35)6-2,27-44-15-11-40-19-23-48-31(36)7-3)28-45-16-12-41-20-24-49-32(37)8-4;1-15(2,11-3-7-13(16)8-4-11)12-5-9-14(17)10-6-12/h5-8H,1-4,9-28H2;3-10,16-17H,1-2H3. The van der Waals surface area contributed by atoms with E-state index in [1.54, 1.807) is 0 Å². The smallest absolute Gasteiger partial charge is 0.330 e. The molecule has 0 aliphatic heterocycles. The number of carbonyl (C=O) groups excluding carboxylic acids is 4. The Balaban J connectivity index is 0.00000105. The average Bonchev–Trinajstić information content (AvgIpc) is 3.32. The largest absolute Gasteiger partial charge is 0.460 e. The summed E-state index contributed by atoms with van der Waals surface area (Å²) in [5.41, 5.74) is 1.81. The lowest BCUT2D eigenvalue weighted by molar-refractivity contribution is -0.140. The molecule has 0 N–H and O–H groups in total. The van der Waals surface area contributed by atoms with Crippen LogP contribution in [0.4, 0.5) is 0 Å². The summed E-state index contributed by atoms with van der Waals surface area (Å²) in [6.07, 6.45) is 4.29. The third-order valence-electron chi connectivity index (χ3n) is 8.85. The lowest BCUT2D eigenvalue weighted by Crippen LogP contribution is -2.43. The fourth-order valence-corrected chi connectivity index (χ4v) is 5.55. The van der Waals surface area contributed by atoms with E-state index in [9.17, 15) is 19.2 Å². The Morgan fingerprint density at radius 3 is 0.833 bits per heavy atom. The van der Waals surface area contributed by atoms with Gasteiger partial charge in [-0.05, 0) is 35.4 Å². The van der Waals surface area contributed by atoms with E-state index in [2.05, 4.69) is 89.7 Å². The molecule has 0 saturated carbocycles. The van der Waals surface area contributed by atoms with Crippen molar-refractivity contribution in [3.63, 3.8) is 0 Å². The molecule has 368 valence electrons. The Bertz CT molecular complexity index is 1490. The van der Waals surface area contributed by atoms with Gasteiger partial charge >= 0.3 is 23.9 Å². The van der Waals surface area contributed by atoms with Crippen LogP contribution in [-0.2, 0) is 81.4 Å². The van der Waals surface area contributed by atoms with E-state index in [1.165, 1.54) is 11.1 Å².